The second-order valence-electron chi connectivity index (χ2n) is 10.4. The molecule has 6 nitrogen and oxygen atoms in total. The molecule has 6 heteroatoms. The van der Waals surface area contributed by atoms with Gasteiger partial charge in [-0.15, -0.1) is 0 Å². The van der Waals surface area contributed by atoms with E-state index < -0.39 is 5.60 Å². The first kappa shape index (κ1) is 30.7. The summed E-state index contributed by atoms with van der Waals surface area (Å²) >= 11 is 0. The van der Waals surface area contributed by atoms with Crippen LogP contribution in [0.1, 0.15) is 88.5 Å². The summed E-state index contributed by atoms with van der Waals surface area (Å²) in [5.41, 5.74) is -0.394. The Balaban J connectivity index is 0.000000574. The lowest BCUT2D eigenvalue weighted by Crippen LogP contribution is -2.46. The first-order chi connectivity index (χ1) is 14.9. The van der Waals surface area contributed by atoms with Gasteiger partial charge in [-0.2, -0.15) is 0 Å². The van der Waals surface area contributed by atoms with Gasteiger partial charge in [-0.1, -0.05) is 41.5 Å². The van der Waals surface area contributed by atoms with Crippen LogP contribution in [-0.4, -0.2) is 66.8 Å². The molecule has 32 heavy (non-hydrogen) atoms. The largest absolute Gasteiger partial charge is 0.444 e. The maximum absolute atomic E-state index is 11.9. The first-order valence-electron chi connectivity index (χ1n) is 12.6. The molecule has 2 aliphatic heterocycles. The summed E-state index contributed by atoms with van der Waals surface area (Å²) in [5.74, 6) is 2.88. The Morgan fingerprint density at radius 3 is 2.00 bits per heavy atom. The summed E-state index contributed by atoms with van der Waals surface area (Å²) < 4.78 is 10.3. The fourth-order valence-electron chi connectivity index (χ4n) is 4.43. The number of hydrogen-bond acceptors (Lipinski definition) is 4. The maximum Gasteiger partial charge on any atom is 0.410 e. The van der Waals surface area contributed by atoms with Crippen molar-refractivity contribution in [3.63, 3.8) is 0 Å². The van der Waals surface area contributed by atoms with Crippen molar-refractivity contribution in [3.8, 4) is 0 Å². The van der Waals surface area contributed by atoms with Crippen molar-refractivity contribution in [1.82, 2.24) is 9.80 Å². The third-order valence-corrected chi connectivity index (χ3v) is 6.46. The number of piperidine rings is 1. The molecule has 0 saturated carbocycles. The average Bonchev–Trinajstić information content (AvgIpc) is 3.05. The molecule has 2 aliphatic rings. The van der Waals surface area contributed by atoms with Gasteiger partial charge < -0.3 is 19.3 Å². The molecule has 0 aromatic heterocycles. The van der Waals surface area contributed by atoms with Gasteiger partial charge >= 0.3 is 6.09 Å². The highest BCUT2D eigenvalue weighted by molar-refractivity contribution is 5.76. The van der Waals surface area contributed by atoms with E-state index in [9.17, 15) is 9.59 Å². The number of carbonyl (C=O) groups is 2. The molecule has 190 valence electrons. The minimum Gasteiger partial charge on any atom is -0.444 e. The molecule has 2 rings (SSSR count). The lowest BCUT2D eigenvalue weighted by molar-refractivity contribution is -0.132. The van der Waals surface area contributed by atoms with E-state index in [0.29, 0.717) is 36.8 Å². The molecule has 2 saturated heterocycles. The zero-order chi connectivity index (χ0) is 25.1. The smallest absolute Gasteiger partial charge is 0.410 e. The Bertz CT molecular complexity index is 544. The van der Waals surface area contributed by atoms with Crippen LogP contribution >= 0.6 is 0 Å². The number of carbonyl (C=O) groups excluding carboxylic acids is 2. The lowest BCUT2D eigenvalue weighted by atomic mass is 9.79. The molecule has 0 aromatic carbocycles. The zero-order valence-corrected chi connectivity index (χ0v) is 22.9. The number of amides is 2. The Labute approximate surface area is 198 Å². The van der Waals surface area contributed by atoms with Crippen LogP contribution in [0.5, 0.6) is 0 Å². The molecular weight excluding hydrogens is 404 g/mol. The number of hydrogen-bond donors (Lipinski definition) is 0. The summed E-state index contributed by atoms with van der Waals surface area (Å²) in [6.45, 7) is 24.0. The van der Waals surface area contributed by atoms with E-state index in [-0.39, 0.29) is 12.0 Å². The van der Waals surface area contributed by atoms with Crippen molar-refractivity contribution in [2.75, 3.05) is 33.4 Å². The molecule has 0 aliphatic carbocycles. The molecule has 2 heterocycles. The first-order valence-corrected chi connectivity index (χ1v) is 12.6. The summed E-state index contributed by atoms with van der Waals surface area (Å²) in [5, 5.41) is 0. The highest BCUT2D eigenvalue weighted by Gasteiger charge is 2.32. The van der Waals surface area contributed by atoms with Crippen molar-refractivity contribution < 1.29 is 19.1 Å². The molecule has 0 bridgehead atoms. The van der Waals surface area contributed by atoms with E-state index >= 15 is 0 Å². The van der Waals surface area contributed by atoms with Crippen molar-refractivity contribution in [3.05, 3.63) is 0 Å². The molecule has 0 radical (unpaired) electrons. The van der Waals surface area contributed by atoms with Crippen LogP contribution in [0.4, 0.5) is 4.79 Å². The van der Waals surface area contributed by atoms with Crippen molar-refractivity contribution in [2.45, 2.75) is 100 Å². The molecule has 2 amide bonds. The summed E-state index contributed by atoms with van der Waals surface area (Å²) in [7, 11) is 1.63. The highest BCUT2D eigenvalue weighted by Crippen LogP contribution is 2.30. The van der Waals surface area contributed by atoms with Gasteiger partial charge in [-0.05, 0) is 64.2 Å². The maximum atomic E-state index is 11.9. The normalized spacial score (nSPS) is 25.5. The Kier molecular flexibility index (Phi) is 14.2. The van der Waals surface area contributed by atoms with Crippen molar-refractivity contribution >= 4 is 12.0 Å². The van der Waals surface area contributed by atoms with Crippen molar-refractivity contribution in [2.24, 2.45) is 23.7 Å². The summed E-state index contributed by atoms with van der Waals surface area (Å²) in [6, 6.07) is 0.407. The van der Waals surface area contributed by atoms with Gasteiger partial charge in [0.25, 0.3) is 0 Å². The second kappa shape index (κ2) is 14.8. The molecule has 4 atom stereocenters. The second-order valence-corrected chi connectivity index (χ2v) is 10.4. The average molecular weight is 457 g/mol. The van der Waals surface area contributed by atoms with Gasteiger partial charge in [0, 0.05) is 32.8 Å². The van der Waals surface area contributed by atoms with E-state index in [4.69, 9.17) is 9.47 Å². The van der Waals surface area contributed by atoms with Crippen LogP contribution in [-0.2, 0) is 14.3 Å². The zero-order valence-electron chi connectivity index (χ0n) is 22.9. The minimum absolute atomic E-state index is 0.161. The minimum atomic E-state index is -0.394. The predicted molar refractivity (Wildman–Crippen MR) is 133 cm³/mol. The molecule has 0 spiro atoms. The molecule has 4 unspecified atom stereocenters. The number of ether oxygens (including phenoxy) is 2. The van der Waals surface area contributed by atoms with Crippen LogP contribution in [0.2, 0.25) is 0 Å². The molecular formula is C26H52N2O4. The van der Waals surface area contributed by atoms with Gasteiger partial charge in [-0.3, -0.25) is 4.79 Å². The van der Waals surface area contributed by atoms with Crippen LogP contribution in [0.3, 0.4) is 0 Å². The van der Waals surface area contributed by atoms with Gasteiger partial charge in [0.2, 0.25) is 5.91 Å². The summed E-state index contributed by atoms with van der Waals surface area (Å²) in [6.07, 6.45) is 2.59. The van der Waals surface area contributed by atoms with Crippen molar-refractivity contribution in [1.29, 1.82) is 0 Å². The van der Waals surface area contributed by atoms with E-state index in [1.807, 2.05) is 44.4 Å². The number of nitrogens with zero attached hydrogens (tertiary/aromatic N) is 2. The van der Waals surface area contributed by atoms with Gasteiger partial charge in [0.05, 0.1) is 13.0 Å². The van der Waals surface area contributed by atoms with Crippen LogP contribution in [0, 0.1) is 23.7 Å². The monoisotopic (exact) mass is 456 g/mol. The quantitative estimate of drug-likeness (QED) is 0.533. The fourth-order valence-corrected chi connectivity index (χ4v) is 4.43. The van der Waals surface area contributed by atoms with Gasteiger partial charge in [0.15, 0.2) is 0 Å². The van der Waals surface area contributed by atoms with E-state index in [0.717, 1.165) is 38.4 Å². The van der Waals surface area contributed by atoms with Crippen LogP contribution < -0.4 is 0 Å². The molecule has 0 N–H and O–H groups in total. The third kappa shape index (κ3) is 10.5. The Hall–Kier alpha value is -1.30. The van der Waals surface area contributed by atoms with E-state index in [2.05, 4.69) is 34.6 Å². The van der Waals surface area contributed by atoms with Gasteiger partial charge in [0.1, 0.15) is 5.60 Å². The summed E-state index contributed by atoms with van der Waals surface area (Å²) in [4.78, 5) is 27.4. The van der Waals surface area contributed by atoms with Gasteiger partial charge in [-0.25, -0.2) is 4.79 Å². The topological polar surface area (TPSA) is 59.1 Å². The van der Waals surface area contributed by atoms with Crippen LogP contribution in [0.25, 0.3) is 0 Å². The number of likely N-dealkylation sites (tertiary alicyclic amines) is 2. The molecule has 0 aromatic rings. The fraction of sp³-hybridized carbons (Fsp3) is 0.923. The van der Waals surface area contributed by atoms with E-state index in [1.165, 1.54) is 0 Å². The Morgan fingerprint density at radius 1 is 1.00 bits per heavy atom. The number of rotatable bonds is 4. The SMILES string of the molecule is CC.CC(C)C1CCN(C(=O)OC(C)(C)C)CC1C.COCCC(=O)N1CCC(C)C1C. The third-order valence-electron chi connectivity index (χ3n) is 6.46. The predicted octanol–water partition coefficient (Wildman–Crippen LogP) is 5.84. The Morgan fingerprint density at radius 2 is 1.59 bits per heavy atom. The lowest BCUT2D eigenvalue weighted by Gasteiger charge is -2.39. The van der Waals surface area contributed by atoms with Crippen LogP contribution in [0.15, 0.2) is 0 Å². The highest BCUT2D eigenvalue weighted by atomic mass is 16.6. The number of methoxy groups -OCH3 is 1. The standard InChI is InChI=1S/C14H27NO2.C10H19NO2.C2H6/c1-10(2)12-7-8-15(9-11(12)3)13(16)17-14(4,5)6;1-8-4-6-11(9(8)2)10(12)5-7-13-3;1-2/h10-12H,7-9H2,1-6H3;8-9H,4-7H2,1-3H3;1-2H3. The molecule has 2 fully saturated rings. The van der Waals surface area contributed by atoms with E-state index in [1.54, 1.807) is 7.11 Å².